The molecular weight excluding hydrogens is 342 g/mol. The Hall–Kier alpha value is -2.41. The average molecular weight is 369 g/mol. The van der Waals surface area contributed by atoms with Crippen molar-refractivity contribution >= 4 is 22.8 Å². The van der Waals surface area contributed by atoms with Crippen molar-refractivity contribution in [1.29, 1.82) is 0 Å². The molecule has 2 atom stereocenters. The Bertz CT molecular complexity index is 874. The third-order valence-corrected chi connectivity index (χ3v) is 5.92. The number of hydrogen-bond acceptors (Lipinski definition) is 4. The first-order chi connectivity index (χ1) is 12.9. The number of imidazole rings is 1. The van der Waals surface area contributed by atoms with Gasteiger partial charge in [-0.15, -0.1) is 0 Å². The van der Waals surface area contributed by atoms with Gasteiger partial charge in [0.1, 0.15) is 12.4 Å². The van der Waals surface area contributed by atoms with Gasteiger partial charge < -0.3 is 14.4 Å². The van der Waals surface area contributed by atoms with Crippen LogP contribution < -0.4 is 0 Å². The molecule has 5 rings (SSSR count). The molecule has 0 saturated carbocycles. The molecule has 1 aromatic carbocycles. The summed E-state index contributed by atoms with van der Waals surface area (Å²) >= 11 is 0. The number of fused-ring (bicyclic) bond motifs is 5. The van der Waals surface area contributed by atoms with E-state index in [9.17, 15) is 9.59 Å². The number of hydrogen-bond donors (Lipinski definition) is 0. The van der Waals surface area contributed by atoms with Crippen LogP contribution in [0.2, 0.25) is 0 Å². The fourth-order valence-electron chi connectivity index (χ4n) is 4.29. The van der Waals surface area contributed by atoms with Crippen LogP contribution in [0.25, 0.3) is 11.0 Å². The highest BCUT2D eigenvalue weighted by molar-refractivity contribution is 5.87. The van der Waals surface area contributed by atoms with Crippen LogP contribution in [0.5, 0.6) is 0 Å². The number of aromatic nitrogens is 2. The van der Waals surface area contributed by atoms with Crippen LogP contribution in [-0.2, 0) is 23.2 Å². The molecule has 0 N–H and O–H groups in total. The number of rotatable bonds is 4. The van der Waals surface area contributed by atoms with Crippen LogP contribution in [0.3, 0.4) is 0 Å². The molecule has 4 heterocycles. The van der Waals surface area contributed by atoms with E-state index in [1.54, 1.807) is 19.0 Å². The van der Waals surface area contributed by atoms with Crippen LogP contribution in [0.1, 0.15) is 18.7 Å². The van der Waals surface area contributed by atoms with E-state index in [-0.39, 0.29) is 30.3 Å². The average Bonchev–Trinajstić information content (AvgIpc) is 2.78. The zero-order valence-corrected chi connectivity index (χ0v) is 16.3. The molecule has 3 fully saturated rings. The number of carbonyl (C=O) groups is 2. The van der Waals surface area contributed by atoms with Crippen molar-refractivity contribution in [3.05, 3.63) is 30.1 Å². The van der Waals surface area contributed by atoms with Crippen LogP contribution >= 0.6 is 0 Å². The number of carbonyl (C=O) groups excluding carboxylic acids is 2. The van der Waals surface area contributed by atoms with Gasteiger partial charge in [-0.25, -0.2) is 4.98 Å². The maximum atomic E-state index is 12.9. The van der Waals surface area contributed by atoms with Crippen molar-refractivity contribution in [1.82, 2.24) is 24.3 Å². The molecule has 7 nitrogen and oxygen atoms in total. The molecule has 0 unspecified atom stereocenters. The molecule has 2 amide bonds. The van der Waals surface area contributed by atoms with E-state index in [0.717, 1.165) is 49.3 Å². The van der Waals surface area contributed by atoms with E-state index in [0.29, 0.717) is 0 Å². The van der Waals surface area contributed by atoms with E-state index >= 15 is 0 Å². The van der Waals surface area contributed by atoms with Gasteiger partial charge in [-0.2, -0.15) is 0 Å². The van der Waals surface area contributed by atoms with Gasteiger partial charge in [0, 0.05) is 40.3 Å². The highest BCUT2D eigenvalue weighted by atomic mass is 16.2. The topological polar surface area (TPSA) is 61.7 Å². The molecule has 0 aliphatic carbocycles. The monoisotopic (exact) mass is 369 g/mol. The zero-order valence-electron chi connectivity index (χ0n) is 16.3. The molecule has 2 bridgehead atoms. The Labute approximate surface area is 159 Å². The summed E-state index contributed by atoms with van der Waals surface area (Å²) in [5.41, 5.74) is 2.13. The summed E-state index contributed by atoms with van der Waals surface area (Å²) in [6.07, 6.45) is 1.88. The second-order valence-electron chi connectivity index (χ2n) is 7.95. The van der Waals surface area contributed by atoms with E-state index < -0.39 is 0 Å². The number of aryl methyl sites for hydroxylation is 1. The quantitative estimate of drug-likeness (QED) is 0.809. The summed E-state index contributed by atoms with van der Waals surface area (Å²) in [6.45, 7) is 2.45. The van der Waals surface area contributed by atoms with E-state index in [2.05, 4.69) is 15.5 Å². The zero-order chi connectivity index (χ0) is 19.1. The molecular formula is C20H27N5O2. The fraction of sp³-hybridized carbons (Fsp3) is 0.550. The maximum absolute atomic E-state index is 12.9. The first kappa shape index (κ1) is 18.0. The van der Waals surface area contributed by atoms with Gasteiger partial charge in [-0.3, -0.25) is 14.5 Å². The molecule has 144 valence electrons. The van der Waals surface area contributed by atoms with Crippen LogP contribution in [0, 0.1) is 5.92 Å². The highest BCUT2D eigenvalue weighted by Crippen LogP contribution is 2.30. The summed E-state index contributed by atoms with van der Waals surface area (Å²) in [7, 11) is 5.52. The molecule has 2 aromatic rings. The first-order valence-electron chi connectivity index (χ1n) is 9.57. The van der Waals surface area contributed by atoms with Gasteiger partial charge in [-0.1, -0.05) is 12.1 Å². The Morgan fingerprint density at radius 3 is 2.74 bits per heavy atom. The second kappa shape index (κ2) is 6.96. The van der Waals surface area contributed by atoms with Gasteiger partial charge in [0.15, 0.2) is 0 Å². The van der Waals surface area contributed by atoms with Gasteiger partial charge in [0.05, 0.1) is 23.5 Å². The number of para-hydroxylation sites is 2. The Balaban J connectivity index is 1.53. The normalized spacial score (nSPS) is 23.1. The fourth-order valence-corrected chi connectivity index (χ4v) is 4.29. The third kappa shape index (κ3) is 3.32. The van der Waals surface area contributed by atoms with E-state index in [1.165, 1.54) is 0 Å². The third-order valence-electron chi connectivity index (χ3n) is 5.92. The van der Waals surface area contributed by atoms with Crippen molar-refractivity contribution in [2.24, 2.45) is 13.0 Å². The maximum Gasteiger partial charge on any atom is 0.241 e. The largest absolute Gasteiger partial charge is 0.347 e. The number of nitrogens with zero attached hydrogens (tertiary/aromatic N) is 5. The van der Waals surface area contributed by atoms with Crippen LogP contribution in [0.4, 0.5) is 0 Å². The minimum atomic E-state index is -0.0200. The minimum Gasteiger partial charge on any atom is -0.347 e. The lowest BCUT2D eigenvalue weighted by Crippen LogP contribution is -2.51. The lowest BCUT2D eigenvalue weighted by atomic mass is 9.94. The molecule has 7 heteroatoms. The van der Waals surface area contributed by atoms with Gasteiger partial charge in [0.25, 0.3) is 0 Å². The van der Waals surface area contributed by atoms with Crippen molar-refractivity contribution in [2.75, 3.05) is 33.7 Å². The standard InChI is InChI=1S/C20H27N5O2/c1-22(2)19(26)13-25-15-9-8-14(20(25)27)10-24(11-15)12-18-21-16-6-4-5-7-17(16)23(18)3/h4-7,14-15H,8-13H2,1-3H3/t14-,15+/m0/s1. The Morgan fingerprint density at radius 2 is 2.00 bits per heavy atom. The van der Waals surface area contributed by atoms with Crippen molar-refractivity contribution < 1.29 is 9.59 Å². The smallest absolute Gasteiger partial charge is 0.241 e. The van der Waals surface area contributed by atoms with Crippen molar-refractivity contribution in [3.8, 4) is 0 Å². The van der Waals surface area contributed by atoms with Crippen molar-refractivity contribution in [2.45, 2.75) is 25.4 Å². The second-order valence-corrected chi connectivity index (χ2v) is 7.95. The van der Waals surface area contributed by atoms with Crippen LogP contribution in [-0.4, -0.2) is 75.8 Å². The van der Waals surface area contributed by atoms with E-state index in [4.69, 9.17) is 4.98 Å². The number of likely N-dealkylation sites (N-methyl/N-ethyl adjacent to an activating group) is 1. The van der Waals surface area contributed by atoms with Crippen molar-refractivity contribution in [3.63, 3.8) is 0 Å². The molecule has 27 heavy (non-hydrogen) atoms. The molecule has 3 aliphatic rings. The van der Waals surface area contributed by atoms with E-state index in [1.807, 2.05) is 30.1 Å². The van der Waals surface area contributed by atoms with Gasteiger partial charge >= 0.3 is 0 Å². The van der Waals surface area contributed by atoms with Gasteiger partial charge in [-0.05, 0) is 25.0 Å². The number of benzene rings is 1. The molecule has 0 radical (unpaired) electrons. The van der Waals surface area contributed by atoms with Crippen LogP contribution in [0.15, 0.2) is 24.3 Å². The summed E-state index contributed by atoms with van der Waals surface area (Å²) in [5.74, 6) is 1.11. The molecule has 3 aliphatic heterocycles. The lowest BCUT2D eigenvalue weighted by molar-refractivity contribution is -0.145. The number of piperidine rings is 1. The SMILES string of the molecule is CN(C)C(=O)CN1C(=O)[C@H]2CC[C@@H]1CN(Cc1nc3ccccc3n1C)C2. The number of amides is 2. The molecule has 3 saturated heterocycles. The predicted molar refractivity (Wildman–Crippen MR) is 103 cm³/mol. The summed E-state index contributed by atoms with van der Waals surface area (Å²) in [5, 5.41) is 0. The Morgan fingerprint density at radius 1 is 1.22 bits per heavy atom. The lowest BCUT2D eigenvalue weighted by Gasteiger charge is -2.36. The molecule has 1 aromatic heterocycles. The predicted octanol–water partition coefficient (Wildman–Crippen LogP) is 1.08. The first-order valence-corrected chi connectivity index (χ1v) is 9.57. The Kier molecular flexibility index (Phi) is 4.63. The summed E-state index contributed by atoms with van der Waals surface area (Å²) in [4.78, 5) is 35.5. The molecule has 0 spiro atoms. The summed E-state index contributed by atoms with van der Waals surface area (Å²) < 4.78 is 2.14. The summed E-state index contributed by atoms with van der Waals surface area (Å²) in [6, 6.07) is 8.25. The van der Waals surface area contributed by atoms with Gasteiger partial charge in [0.2, 0.25) is 11.8 Å². The minimum absolute atomic E-state index is 0.0159. The highest BCUT2D eigenvalue weighted by Gasteiger charge is 2.41.